The topological polar surface area (TPSA) is 15.3 Å². The third kappa shape index (κ3) is 13.9. The molecule has 0 aromatic heterocycles. The molecule has 17 heavy (non-hydrogen) atoms. The van der Waals surface area contributed by atoms with E-state index < -0.39 is 0 Å². The summed E-state index contributed by atoms with van der Waals surface area (Å²) in [7, 11) is 2.23. The fourth-order valence-corrected chi connectivity index (χ4v) is 2.06. The van der Waals surface area contributed by atoms with Crippen molar-refractivity contribution in [1.82, 2.24) is 10.2 Å². The first kappa shape index (κ1) is 16.9. The van der Waals surface area contributed by atoms with E-state index in [4.69, 9.17) is 0 Å². The van der Waals surface area contributed by atoms with Gasteiger partial charge in [0, 0.05) is 0 Å². The number of hydrogen-bond acceptors (Lipinski definition) is 2. The Hall–Kier alpha value is -0.0800. The van der Waals surface area contributed by atoms with Crippen LogP contribution in [0.4, 0.5) is 0 Å². The Morgan fingerprint density at radius 3 is 2.29 bits per heavy atom. The van der Waals surface area contributed by atoms with E-state index in [0.29, 0.717) is 0 Å². The van der Waals surface area contributed by atoms with Crippen molar-refractivity contribution < 1.29 is 0 Å². The number of nitrogens with one attached hydrogen (secondary N) is 1. The Kier molecular flexibility index (Phi) is 12.3. The van der Waals surface area contributed by atoms with Gasteiger partial charge in [0.15, 0.2) is 0 Å². The molecule has 0 saturated carbocycles. The third-order valence-corrected chi connectivity index (χ3v) is 3.13. The van der Waals surface area contributed by atoms with Crippen molar-refractivity contribution in [2.24, 2.45) is 5.92 Å². The molecule has 0 aliphatic carbocycles. The predicted octanol–water partition coefficient (Wildman–Crippen LogP) is 3.52. The molecule has 0 aliphatic heterocycles. The lowest BCUT2D eigenvalue weighted by molar-refractivity contribution is 0.324. The Balaban J connectivity index is 3.03. The van der Waals surface area contributed by atoms with Crippen LogP contribution >= 0.6 is 0 Å². The Morgan fingerprint density at radius 1 is 0.941 bits per heavy atom. The summed E-state index contributed by atoms with van der Waals surface area (Å²) in [6.45, 7) is 11.8. The Morgan fingerprint density at radius 2 is 1.65 bits per heavy atom. The van der Waals surface area contributed by atoms with Gasteiger partial charge >= 0.3 is 0 Å². The van der Waals surface area contributed by atoms with Crippen molar-refractivity contribution in [2.45, 2.75) is 59.3 Å². The highest BCUT2D eigenvalue weighted by atomic mass is 15.1. The van der Waals surface area contributed by atoms with Gasteiger partial charge in [-0.3, -0.25) is 0 Å². The van der Waals surface area contributed by atoms with Gasteiger partial charge in [0.2, 0.25) is 0 Å². The maximum Gasteiger partial charge on any atom is -0.00218 e. The van der Waals surface area contributed by atoms with Gasteiger partial charge in [0.1, 0.15) is 0 Å². The van der Waals surface area contributed by atoms with Gasteiger partial charge in [-0.25, -0.2) is 0 Å². The van der Waals surface area contributed by atoms with Crippen molar-refractivity contribution in [3.8, 4) is 0 Å². The Labute approximate surface area is 109 Å². The number of hydrogen-bond donors (Lipinski definition) is 1. The minimum Gasteiger partial charge on any atom is -0.317 e. The molecule has 1 N–H and O–H groups in total. The summed E-state index contributed by atoms with van der Waals surface area (Å²) in [6.07, 6.45) is 8.01. The molecule has 2 heteroatoms. The fraction of sp³-hybridized carbons (Fsp3) is 1.00. The van der Waals surface area contributed by atoms with Crippen LogP contribution in [0, 0.1) is 5.92 Å². The van der Waals surface area contributed by atoms with E-state index in [2.05, 4.69) is 38.0 Å². The maximum absolute atomic E-state index is 3.54. The summed E-state index contributed by atoms with van der Waals surface area (Å²) in [6, 6.07) is 0. The second kappa shape index (κ2) is 12.4. The van der Waals surface area contributed by atoms with Crippen LogP contribution in [0.2, 0.25) is 0 Å². The van der Waals surface area contributed by atoms with Crippen molar-refractivity contribution in [1.29, 1.82) is 0 Å². The van der Waals surface area contributed by atoms with E-state index in [1.54, 1.807) is 0 Å². The quantitative estimate of drug-likeness (QED) is 0.527. The van der Waals surface area contributed by atoms with Crippen LogP contribution in [0.5, 0.6) is 0 Å². The van der Waals surface area contributed by atoms with Crippen LogP contribution in [0.15, 0.2) is 0 Å². The molecule has 0 bridgehead atoms. The normalized spacial score (nSPS) is 11.6. The minimum absolute atomic E-state index is 0.853. The lowest BCUT2D eigenvalue weighted by atomic mass is 10.1. The van der Waals surface area contributed by atoms with E-state index >= 15 is 0 Å². The van der Waals surface area contributed by atoms with E-state index in [9.17, 15) is 0 Å². The highest BCUT2D eigenvalue weighted by molar-refractivity contribution is 4.54. The zero-order valence-corrected chi connectivity index (χ0v) is 12.6. The van der Waals surface area contributed by atoms with E-state index in [1.165, 1.54) is 64.7 Å². The average molecular weight is 242 g/mol. The van der Waals surface area contributed by atoms with Gasteiger partial charge in [-0.1, -0.05) is 27.2 Å². The standard InChI is InChI=1S/C15H34N2/c1-5-13-17(4)14-8-6-7-11-16-12-9-10-15(2)3/h15-16H,5-14H2,1-4H3. The summed E-state index contributed by atoms with van der Waals surface area (Å²) in [5, 5.41) is 3.54. The van der Waals surface area contributed by atoms with Gasteiger partial charge in [0.05, 0.1) is 0 Å². The number of unbranched alkanes of at least 4 members (excludes halogenated alkanes) is 2. The van der Waals surface area contributed by atoms with Crippen LogP contribution in [0.25, 0.3) is 0 Å². The van der Waals surface area contributed by atoms with E-state index in [0.717, 1.165) is 5.92 Å². The molecule has 0 amide bonds. The Bertz CT molecular complexity index is 146. The SMILES string of the molecule is CCCN(C)CCCCCNCCCC(C)C. The first-order valence-electron chi connectivity index (χ1n) is 7.56. The highest BCUT2D eigenvalue weighted by Crippen LogP contribution is 2.02. The smallest absolute Gasteiger partial charge is 0.00218 e. The molecule has 0 heterocycles. The number of nitrogens with zero attached hydrogens (tertiary/aromatic N) is 1. The van der Waals surface area contributed by atoms with E-state index in [1.807, 2.05) is 0 Å². The molecule has 2 nitrogen and oxygen atoms in total. The second-order valence-electron chi connectivity index (χ2n) is 5.65. The largest absolute Gasteiger partial charge is 0.317 e. The molecule has 0 fully saturated rings. The van der Waals surface area contributed by atoms with Crippen molar-refractivity contribution in [3.63, 3.8) is 0 Å². The van der Waals surface area contributed by atoms with Gasteiger partial charge in [-0.05, 0) is 71.2 Å². The molecular formula is C15H34N2. The molecule has 0 aromatic carbocycles. The third-order valence-electron chi connectivity index (χ3n) is 3.13. The molecule has 104 valence electrons. The summed E-state index contributed by atoms with van der Waals surface area (Å²) in [5.41, 5.74) is 0. The molecule has 0 atom stereocenters. The van der Waals surface area contributed by atoms with Crippen LogP contribution < -0.4 is 5.32 Å². The van der Waals surface area contributed by atoms with Crippen molar-refractivity contribution in [3.05, 3.63) is 0 Å². The van der Waals surface area contributed by atoms with Crippen LogP contribution in [0.3, 0.4) is 0 Å². The zero-order chi connectivity index (χ0) is 12.9. The molecule has 0 spiro atoms. The second-order valence-corrected chi connectivity index (χ2v) is 5.65. The van der Waals surface area contributed by atoms with Gasteiger partial charge in [-0.15, -0.1) is 0 Å². The lowest BCUT2D eigenvalue weighted by Gasteiger charge is -2.14. The van der Waals surface area contributed by atoms with E-state index in [-0.39, 0.29) is 0 Å². The van der Waals surface area contributed by atoms with Crippen LogP contribution in [-0.4, -0.2) is 38.1 Å². The van der Waals surface area contributed by atoms with Gasteiger partial charge in [0.25, 0.3) is 0 Å². The summed E-state index contributed by atoms with van der Waals surface area (Å²) in [5.74, 6) is 0.853. The zero-order valence-electron chi connectivity index (χ0n) is 12.6. The summed E-state index contributed by atoms with van der Waals surface area (Å²) in [4.78, 5) is 2.44. The monoisotopic (exact) mass is 242 g/mol. The average Bonchev–Trinajstić information content (AvgIpc) is 2.27. The molecule has 0 radical (unpaired) electrons. The molecule has 0 aliphatic rings. The molecule has 0 aromatic rings. The van der Waals surface area contributed by atoms with Crippen molar-refractivity contribution in [2.75, 3.05) is 33.2 Å². The predicted molar refractivity (Wildman–Crippen MR) is 78.6 cm³/mol. The molecule has 0 rings (SSSR count). The summed E-state index contributed by atoms with van der Waals surface area (Å²) < 4.78 is 0. The first-order chi connectivity index (χ1) is 8.16. The molecule has 0 saturated heterocycles. The summed E-state index contributed by atoms with van der Waals surface area (Å²) >= 11 is 0. The van der Waals surface area contributed by atoms with Gasteiger partial charge < -0.3 is 10.2 Å². The van der Waals surface area contributed by atoms with Crippen LogP contribution in [-0.2, 0) is 0 Å². The highest BCUT2D eigenvalue weighted by Gasteiger charge is 1.96. The lowest BCUT2D eigenvalue weighted by Crippen LogP contribution is -2.21. The maximum atomic E-state index is 3.54. The first-order valence-corrected chi connectivity index (χ1v) is 7.56. The fourth-order valence-electron chi connectivity index (χ4n) is 2.06. The van der Waals surface area contributed by atoms with Crippen molar-refractivity contribution >= 4 is 0 Å². The van der Waals surface area contributed by atoms with Gasteiger partial charge in [-0.2, -0.15) is 0 Å². The molecular weight excluding hydrogens is 208 g/mol. The van der Waals surface area contributed by atoms with Crippen LogP contribution in [0.1, 0.15) is 59.3 Å². The number of rotatable bonds is 12. The minimum atomic E-state index is 0.853. The molecule has 0 unspecified atom stereocenters.